The molecule has 3 atom stereocenters. The second-order valence-corrected chi connectivity index (χ2v) is 9.85. The van der Waals surface area contributed by atoms with Gasteiger partial charge in [-0.3, -0.25) is 14.5 Å². The van der Waals surface area contributed by atoms with E-state index in [-0.39, 0.29) is 23.6 Å². The van der Waals surface area contributed by atoms with Crippen LogP contribution in [0.15, 0.2) is 65.1 Å². The summed E-state index contributed by atoms with van der Waals surface area (Å²) in [4.78, 5) is 28.4. The van der Waals surface area contributed by atoms with Crippen LogP contribution in [0.3, 0.4) is 0 Å². The third-order valence-electron chi connectivity index (χ3n) is 6.45. The van der Waals surface area contributed by atoms with Crippen LogP contribution in [0.25, 0.3) is 11.0 Å². The molecule has 0 bridgehead atoms. The van der Waals surface area contributed by atoms with Gasteiger partial charge in [0.05, 0.1) is 12.1 Å². The van der Waals surface area contributed by atoms with Gasteiger partial charge in [0, 0.05) is 18.5 Å². The molecule has 0 aliphatic carbocycles. The molecule has 0 radical (unpaired) electrons. The van der Waals surface area contributed by atoms with Crippen LogP contribution >= 0.6 is 0 Å². The van der Waals surface area contributed by atoms with Crippen molar-refractivity contribution >= 4 is 22.8 Å². The average molecular weight is 478 g/mol. The number of hydrogen-bond acceptors (Lipinski definition) is 5. The molecule has 0 saturated carbocycles. The Morgan fingerprint density at radius 1 is 1.11 bits per heavy atom. The summed E-state index contributed by atoms with van der Waals surface area (Å²) in [6.45, 7) is 6.13. The van der Waals surface area contributed by atoms with E-state index < -0.39 is 18.1 Å². The second-order valence-electron chi connectivity index (χ2n) is 9.85. The van der Waals surface area contributed by atoms with Crippen LogP contribution in [0.1, 0.15) is 49.2 Å². The number of carbonyl (C=O) groups excluding carboxylic acids is 2. The van der Waals surface area contributed by atoms with Crippen molar-refractivity contribution in [1.29, 1.82) is 0 Å². The van der Waals surface area contributed by atoms with Gasteiger partial charge in [-0.15, -0.1) is 0 Å². The van der Waals surface area contributed by atoms with E-state index in [1.165, 1.54) is 5.56 Å². The lowest BCUT2D eigenvalue weighted by Gasteiger charge is -2.27. The van der Waals surface area contributed by atoms with Crippen LogP contribution in [0.4, 0.5) is 0 Å². The third-order valence-corrected chi connectivity index (χ3v) is 6.45. The first-order valence-electron chi connectivity index (χ1n) is 12.4. The van der Waals surface area contributed by atoms with E-state index >= 15 is 0 Å². The van der Waals surface area contributed by atoms with Crippen molar-refractivity contribution < 1.29 is 19.1 Å². The Hall–Kier alpha value is -3.16. The van der Waals surface area contributed by atoms with Crippen LogP contribution in [0.2, 0.25) is 0 Å². The Morgan fingerprint density at radius 2 is 1.86 bits per heavy atom. The van der Waals surface area contributed by atoms with Gasteiger partial charge in [0.2, 0.25) is 5.91 Å². The number of aliphatic hydroxyl groups excluding tert-OH is 1. The smallest absolute Gasteiger partial charge is 0.287 e. The minimum atomic E-state index is -0.716. The maximum absolute atomic E-state index is 13.2. The Kier molecular flexibility index (Phi) is 8.21. The Labute approximate surface area is 206 Å². The molecule has 2 heterocycles. The molecule has 35 heavy (non-hydrogen) atoms. The van der Waals surface area contributed by atoms with Gasteiger partial charge >= 0.3 is 0 Å². The summed E-state index contributed by atoms with van der Waals surface area (Å²) < 4.78 is 5.67. The normalized spacial score (nSPS) is 19.9. The summed E-state index contributed by atoms with van der Waals surface area (Å²) in [5.41, 5.74) is 1.83. The molecule has 2 amide bonds. The predicted octanol–water partition coefficient (Wildman–Crippen LogP) is 3.72. The topological polar surface area (TPSA) is 94.8 Å². The molecule has 3 aromatic rings. The van der Waals surface area contributed by atoms with Crippen LogP contribution in [0, 0.1) is 5.92 Å². The van der Waals surface area contributed by atoms with E-state index in [0.29, 0.717) is 25.0 Å². The van der Waals surface area contributed by atoms with Crippen molar-refractivity contribution in [2.75, 3.05) is 13.1 Å². The number of nitrogens with zero attached hydrogens (tertiary/aromatic N) is 1. The summed E-state index contributed by atoms with van der Waals surface area (Å²) in [5.74, 6) is -0.317. The Morgan fingerprint density at radius 3 is 2.60 bits per heavy atom. The van der Waals surface area contributed by atoms with Crippen molar-refractivity contribution in [3.8, 4) is 0 Å². The number of rotatable bonds is 8. The number of benzene rings is 2. The fourth-order valence-electron chi connectivity index (χ4n) is 4.67. The van der Waals surface area contributed by atoms with Crippen molar-refractivity contribution in [3.05, 3.63) is 72.0 Å². The van der Waals surface area contributed by atoms with Gasteiger partial charge < -0.3 is 20.2 Å². The van der Waals surface area contributed by atoms with E-state index in [1.54, 1.807) is 12.1 Å². The highest BCUT2D eigenvalue weighted by molar-refractivity contribution is 5.98. The number of likely N-dealkylation sites (tertiary alicyclic amines) is 1. The molecule has 1 fully saturated rings. The van der Waals surface area contributed by atoms with Gasteiger partial charge in [-0.1, -0.05) is 62.4 Å². The van der Waals surface area contributed by atoms with Gasteiger partial charge in [0.15, 0.2) is 5.76 Å². The maximum atomic E-state index is 13.2. The fraction of sp³-hybridized carbons (Fsp3) is 0.429. The molecule has 2 aromatic carbocycles. The van der Waals surface area contributed by atoms with Gasteiger partial charge in [0.25, 0.3) is 5.91 Å². The fourth-order valence-corrected chi connectivity index (χ4v) is 4.67. The zero-order chi connectivity index (χ0) is 24.8. The molecule has 1 aromatic heterocycles. The summed E-state index contributed by atoms with van der Waals surface area (Å²) >= 11 is 0. The molecule has 7 nitrogen and oxygen atoms in total. The summed E-state index contributed by atoms with van der Waals surface area (Å²) in [6, 6.07) is 18.2. The van der Waals surface area contributed by atoms with Crippen LogP contribution in [0.5, 0.6) is 0 Å². The van der Waals surface area contributed by atoms with Crippen molar-refractivity contribution in [1.82, 2.24) is 15.5 Å². The average Bonchev–Trinajstić information content (AvgIpc) is 3.20. The van der Waals surface area contributed by atoms with Crippen molar-refractivity contribution in [2.24, 2.45) is 5.92 Å². The lowest BCUT2D eigenvalue weighted by atomic mass is 10.0. The molecule has 4 rings (SSSR count). The summed E-state index contributed by atoms with van der Waals surface area (Å²) in [6.07, 6.45) is 1.36. The minimum Gasteiger partial charge on any atom is -0.451 e. The molecule has 2 unspecified atom stereocenters. The van der Waals surface area contributed by atoms with Crippen LogP contribution < -0.4 is 10.6 Å². The monoisotopic (exact) mass is 477 g/mol. The number of carbonyl (C=O) groups is 2. The van der Waals surface area contributed by atoms with E-state index in [2.05, 4.69) is 27.7 Å². The van der Waals surface area contributed by atoms with Crippen molar-refractivity contribution in [2.45, 2.75) is 57.8 Å². The van der Waals surface area contributed by atoms with Crippen LogP contribution in [-0.4, -0.2) is 53.1 Å². The van der Waals surface area contributed by atoms with Crippen molar-refractivity contribution in [3.63, 3.8) is 0 Å². The lowest BCUT2D eigenvalue weighted by Crippen LogP contribution is -2.53. The summed E-state index contributed by atoms with van der Waals surface area (Å²) in [7, 11) is 0. The van der Waals surface area contributed by atoms with E-state index in [4.69, 9.17) is 4.42 Å². The molecule has 3 N–H and O–H groups in total. The molecule has 1 aliphatic rings. The highest BCUT2D eigenvalue weighted by Crippen LogP contribution is 2.20. The zero-order valence-corrected chi connectivity index (χ0v) is 20.4. The Bertz CT molecular complexity index is 1090. The number of β-amino-alcohol motifs (C(OH)–C–C–N with tert-alkyl or cyclic N) is 1. The standard InChI is InChI=1S/C28H35N3O4/c1-19(2)15-23(30-28(34)26-16-21-11-6-7-13-25(21)35-26)27(33)29-22-12-8-14-31(18-24(22)32)17-20-9-4-3-5-10-20/h3-7,9-11,13,16,19,22-24,32H,8,12,14-15,17-18H2,1-2H3,(H,29,33)(H,30,34)/t22?,23-,24?/m0/s1. The highest BCUT2D eigenvalue weighted by atomic mass is 16.3. The van der Waals surface area contributed by atoms with Gasteiger partial charge in [-0.2, -0.15) is 0 Å². The number of aliphatic hydroxyl groups is 1. The second kappa shape index (κ2) is 11.5. The number of nitrogens with one attached hydrogen (secondary N) is 2. The Balaban J connectivity index is 1.38. The molecule has 0 spiro atoms. The first-order chi connectivity index (χ1) is 16.9. The first kappa shape index (κ1) is 24.9. The molecule has 1 saturated heterocycles. The largest absolute Gasteiger partial charge is 0.451 e. The number of furan rings is 1. The SMILES string of the molecule is CC(C)C[C@H](NC(=O)c1cc2ccccc2o1)C(=O)NC1CCCN(Cc2ccccc2)CC1O. The lowest BCUT2D eigenvalue weighted by molar-refractivity contribution is -0.125. The molecular formula is C28H35N3O4. The number of fused-ring (bicyclic) bond motifs is 1. The van der Waals surface area contributed by atoms with E-state index in [0.717, 1.165) is 24.9 Å². The van der Waals surface area contributed by atoms with E-state index in [1.807, 2.05) is 50.2 Å². The minimum absolute atomic E-state index is 0.179. The summed E-state index contributed by atoms with van der Waals surface area (Å²) in [5, 5.41) is 17.6. The quantitative estimate of drug-likeness (QED) is 0.460. The number of amides is 2. The molecular weight excluding hydrogens is 442 g/mol. The highest BCUT2D eigenvalue weighted by Gasteiger charge is 2.30. The van der Waals surface area contributed by atoms with Crippen LogP contribution in [-0.2, 0) is 11.3 Å². The zero-order valence-electron chi connectivity index (χ0n) is 20.4. The number of para-hydroxylation sites is 1. The number of hydrogen-bond donors (Lipinski definition) is 3. The molecule has 1 aliphatic heterocycles. The van der Waals surface area contributed by atoms with Gasteiger partial charge in [-0.25, -0.2) is 0 Å². The van der Waals surface area contributed by atoms with Gasteiger partial charge in [0.1, 0.15) is 11.6 Å². The first-order valence-corrected chi connectivity index (χ1v) is 12.4. The molecule has 7 heteroatoms. The predicted molar refractivity (Wildman–Crippen MR) is 136 cm³/mol. The molecule has 186 valence electrons. The third kappa shape index (κ3) is 6.71. The van der Waals surface area contributed by atoms with E-state index in [9.17, 15) is 14.7 Å². The van der Waals surface area contributed by atoms with Gasteiger partial charge in [-0.05, 0) is 49.4 Å². The maximum Gasteiger partial charge on any atom is 0.287 e.